The summed E-state index contributed by atoms with van der Waals surface area (Å²) in [6, 6.07) is 8.36. The molecule has 1 aromatic carbocycles. The van der Waals surface area contributed by atoms with Gasteiger partial charge in [-0.05, 0) is 25.5 Å². The summed E-state index contributed by atoms with van der Waals surface area (Å²) in [4.78, 5) is 4.59. The van der Waals surface area contributed by atoms with E-state index < -0.39 is 0 Å². The van der Waals surface area contributed by atoms with Gasteiger partial charge in [0, 0.05) is 24.0 Å². The van der Waals surface area contributed by atoms with E-state index in [1.165, 1.54) is 17.0 Å². The van der Waals surface area contributed by atoms with Crippen LogP contribution in [-0.2, 0) is 18.5 Å². The summed E-state index contributed by atoms with van der Waals surface area (Å²) in [5, 5.41) is 3.57. The number of nitrogens with one attached hydrogen (secondary N) is 1. The monoisotopic (exact) mass is 319 g/mol. The van der Waals surface area contributed by atoms with Crippen LogP contribution in [0.4, 0.5) is 0 Å². The Bertz CT molecular complexity index is 601. The highest BCUT2D eigenvalue weighted by atomic mass is 79.9. The van der Waals surface area contributed by atoms with Crippen molar-refractivity contribution in [1.82, 2.24) is 14.9 Å². The molecule has 0 radical (unpaired) electrons. The average Bonchev–Trinajstić information content (AvgIpc) is 2.76. The van der Waals surface area contributed by atoms with Crippen molar-refractivity contribution in [2.24, 2.45) is 0 Å². The Morgan fingerprint density at radius 2 is 2.16 bits per heavy atom. The number of imidazole rings is 1. The number of hydrogen-bond donors (Lipinski definition) is 1. The first kappa shape index (κ1) is 12.9. The Kier molecular flexibility index (Phi) is 3.23. The molecule has 0 aliphatic carbocycles. The number of benzene rings is 1. The van der Waals surface area contributed by atoms with Crippen LogP contribution >= 0.6 is 15.9 Å². The van der Waals surface area contributed by atoms with Gasteiger partial charge in [-0.15, -0.1) is 0 Å². The standard InChI is InChI=1S/C15H18BrN3/c1-15(2)14-13(7-8-18-15)17-10-19(14)9-11-5-3-4-6-12(11)16/h3-6,10,18H,7-9H2,1-2H3. The van der Waals surface area contributed by atoms with Crippen LogP contribution in [0.1, 0.15) is 30.8 Å². The zero-order chi connectivity index (χ0) is 13.5. The number of rotatable bonds is 2. The Morgan fingerprint density at radius 3 is 2.95 bits per heavy atom. The highest BCUT2D eigenvalue weighted by Gasteiger charge is 2.31. The predicted molar refractivity (Wildman–Crippen MR) is 80.2 cm³/mol. The van der Waals surface area contributed by atoms with Gasteiger partial charge in [-0.3, -0.25) is 0 Å². The number of aromatic nitrogens is 2. The van der Waals surface area contributed by atoms with Gasteiger partial charge in [0.05, 0.1) is 23.3 Å². The first-order chi connectivity index (χ1) is 9.08. The Balaban J connectivity index is 2.00. The second-order valence-electron chi connectivity index (χ2n) is 5.56. The van der Waals surface area contributed by atoms with E-state index in [9.17, 15) is 0 Å². The quantitative estimate of drug-likeness (QED) is 0.922. The average molecular weight is 320 g/mol. The van der Waals surface area contributed by atoms with Gasteiger partial charge in [-0.1, -0.05) is 34.1 Å². The maximum absolute atomic E-state index is 4.59. The van der Waals surface area contributed by atoms with Crippen molar-refractivity contribution in [1.29, 1.82) is 0 Å². The topological polar surface area (TPSA) is 29.9 Å². The molecule has 0 atom stereocenters. The van der Waals surface area contributed by atoms with Crippen LogP contribution in [0.2, 0.25) is 0 Å². The molecule has 0 saturated heterocycles. The number of nitrogens with zero attached hydrogens (tertiary/aromatic N) is 2. The summed E-state index contributed by atoms with van der Waals surface area (Å²) in [5.74, 6) is 0. The third kappa shape index (κ3) is 2.35. The van der Waals surface area contributed by atoms with Gasteiger partial charge >= 0.3 is 0 Å². The minimum Gasteiger partial charge on any atom is -0.328 e. The normalized spacial score (nSPS) is 17.2. The van der Waals surface area contributed by atoms with E-state index in [1.807, 2.05) is 12.4 Å². The molecule has 1 aliphatic heterocycles. The maximum atomic E-state index is 4.59. The van der Waals surface area contributed by atoms with Gasteiger partial charge in [0.1, 0.15) is 0 Å². The molecule has 1 aliphatic rings. The van der Waals surface area contributed by atoms with Crippen LogP contribution in [0.15, 0.2) is 35.1 Å². The first-order valence-corrected chi connectivity index (χ1v) is 7.40. The number of halogens is 1. The minimum absolute atomic E-state index is 0.00859. The lowest BCUT2D eigenvalue weighted by Gasteiger charge is -2.32. The van der Waals surface area contributed by atoms with E-state index in [4.69, 9.17) is 0 Å². The van der Waals surface area contributed by atoms with Crippen LogP contribution < -0.4 is 5.32 Å². The molecular formula is C15H18BrN3. The third-order valence-electron chi connectivity index (χ3n) is 3.73. The van der Waals surface area contributed by atoms with Crippen LogP contribution in [0, 0.1) is 0 Å². The fraction of sp³-hybridized carbons (Fsp3) is 0.400. The number of fused-ring (bicyclic) bond motifs is 1. The molecule has 19 heavy (non-hydrogen) atoms. The van der Waals surface area contributed by atoms with E-state index in [-0.39, 0.29) is 5.54 Å². The lowest BCUT2D eigenvalue weighted by atomic mass is 9.93. The maximum Gasteiger partial charge on any atom is 0.0955 e. The lowest BCUT2D eigenvalue weighted by molar-refractivity contribution is 0.357. The molecule has 3 rings (SSSR count). The summed E-state index contributed by atoms with van der Waals surface area (Å²) in [6.45, 7) is 6.31. The second-order valence-corrected chi connectivity index (χ2v) is 6.42. The molecule has 0 fully saturated rings. The van der Waals surface area contributed by atoms with Gasteiger partial charge in [-0.25, -0.2) is 4.98 Å². The minimum atomic E-state index is -0.00859. The van der Waals surface area contributed by atoms with Crippen molar-refractivity contribution in [3.63, 3.8) is 0 Å². The van der Waals surface area contributed by atoms with Gasteiger partial charge in [0.15, 0.2) is 0 Å². The van der Waals surface area contributed by atoms with Crippen molar-refractivity contribution in [2.75, 3.05) is 6.54 Å². The Morgan fingerprint density at radius 1 is 1.37 bits per heavy atom. The molecule has 1 N–H and O–H groups in total. The lowest BCUT2D eigenvalue weighted by Crippen LogP contribution is -2.44. The van der Waals surface area contributed by atoms with Crippen LogP contribution in [0.25, 0.3) is 0 Å². The van der Waals surface area contributed by atoms with E-state index in [2.05, 4.69) is 62.8 Å². The molecule has 4 heteroatoms. The summed E-state index contributed by atoms with van der Waals surface area (Å²) in [5.41, 5.74) is 3.82. The molecule has 0 saturated carbocycles. The molecule has 1 aromatic heterocycles. The van der Waals surface area contributed by atoms with Crippen LogP contribution in [0.3, 0.4) is 0 Å². The molecule has 0 bridgehead atoms. The van der Waals surface area contributed by atoms with Gasteiger partial charge < -0.3 is 9.88 Å². The van der Waals surface area contributed by atoms with Crippen molar-refractivity contribution >= 4 is 15.9 Å². The molecule has 0 spiro atoms. The van der Waals surface area contributed by atoms with E-state index in [1.54, 1.807) is 0 Å². The zero-order valence-corrected chi connectivity index (χ0v) is 12.9. The molecule has 100 valence electrons. The highest BCUT2D eigenvalue weighted by molar-refractivity contribution is 9.10. The van der Waals surface area contributed by atoms with Gasteiger partial charge in [0.25, 0.3) is 0 Å². The van der Waals surface area contributed by atoms with E-state index >= 15 is 0 Å². The fourth-order valence-corrected chi connectivity index (χ4v) is 3.24. The molecule has 2 aromatic rings. The van der Waals surface area contributed by atoms with Crippen LogP contribution in [-0.4, -0.2) is 16.1 Å². The smallest absolute Gasteiger partial charge is 0.0955 e. The zero-order valence-electron chi connectivity index (χ0n) is 11.3. The predicted octanol–water partition coefficient (Wildman–Crippen LogP) is 3.07. The summed E-state index contributed by atoms with van der Waals surface area (Å²) in [6.07, 6.45) is 2.99. The fourth-order valence-electron chi connectivity index (χ4n) is 2.83. The SMILES string of the molecule is CC1(C)NCCc2ncn(Cc3ccccc3Br)c21. The van der Waals surface area contributed by atoms with Crippen LogP contribution in [0.5, 0.6) is 0 Å². The summed E-state index contributed by atoms with van der Waals surface area (Å²) >= 11 is 3.62. The van der Waals surface area contributed by atoms with Crippen molar-refractivity contribution in [3.05, 3.63) is 52.0 Å². The van der Waals surface area contributed by atoms with E-state index in [0.29, 0.717) is 0 Å². The Labute approximate surface area is 122 Å². The summed E-state index contributed by atoms with van der Waals surface area (Å²) in [7, 11) is 0. The third-order valence-corrected chi connectivity index (χ3v) is 4.51. The first-order valence-electron chi connectivity index (χ1n) is 6.61. The van der Waals surface area contributed by atoms with Crippen molar-refractivity contribution in [2.45, 2.75) is 32.4 Å². The molecule has 3 nitrogen and oxygen atoms in total. The number of hydrogen-bond acceptors (Lipinski definition) is 2. The molecular weight excluding hydrogens is 302 g/mol. The molecule has 0 unspecified atom stereocenters. The van der Waals surface area contributed by atoms with Gasteiger partial charge in [0.2, 0.25) is 0 Å². The Hall–Kier alpha value is -1.13. The van der Waals surface area contributed by atoms with Crippen molar-refractivity contribution < 1.29 is 0 Å². The highest BCUT2D eigenvalue weighted by Crippen LogP contribution is 2.28. The molecule has 2 heterocycles. The molecule has 0 amide bonds. The second kappa shape index (κ2) is 4.76. The van der Waals surface area contributed by atoms with E-state index in [0.717, 1.165) is 24.0 Å². The van der Waals surface area contributed by atoms with Crippen molar-refractivity contribution in [3.8, 4) is 0 Å². The largest absolute Gasteiger partial charge is 0.328 e. The van der Waals surface area contributed by atoms with Gasteiger partial charge in [-0.2, -0.15) is 0 Å². The summed E-state index contributed by atoms with van der Waals surface area (Å²) < 4.78 is 3.42.